The van der Waals surface area contributed by atoms with Crippen LogP contribution in [-0.4, -0.2) is 5.71 Å². The lowest BCUT2D eigenvalue weighted by atomic mass is 9.76. The van der Waals surface area contributed by atoms with E-state index in [1.807, 2.05) is 0 Å². The number of benzene rings is 9. The molecule has 0 aromatic heterocycles. The third-order valence-corrected chi connectivity index (χ3v) is 13.3. The molecule has 282 valence electrons. The van der Waals surface area contributed by atoms with Gasteiger partial charge in [0.15, 0.2) is 0 Å². The molecule has 1 aliphatic carbocycles. The molecule has 0 saturated heterocycles. The molecule has 59 heavy (non-hydrogen) atoms. The van der Waals surface area contributed by atoms with Crippen LogP contribution >= 0.6 is 0 Å². The molecule has 0 saturated carbocycles. The van der Waals surface area contributed by atoms with Gasteiger partial charge < -0.3 is 0 Å². The molecule has 0 N–H and O–H groups in total. The first-order chi connectivity index (χ1) is 29.0. The van der Waals surface area contributed by atoms with Crippen molar-refractivity contribution >= 4 is 43.7 Å². The van der Waals surface area contributed by atoms with Crippen molar-refractivity contribution < 1.29 is 0 Å². The summed E-state index contributed by atoms with van der Waals surface area (Å²) in [6, 6.07) is 69.7. The lowest BCUT2D eigenvalue weighted by molar-refractivity contribution is 0.593. The van der Waals surface area contributed by atoms with Gasteiger partial charge >= 0.3 is 0 Å². The third kappa shape index (κ3) is 5.71. The van der Waals surface area contributed by atoms with E-state index in [1.165, 1.54) is 93.7 Å². The lowest BCUT2D eigenvalue weighted by Crippen LogP contribution is -2.25. The highest BCUT2D eigenvalue weighted by molar-refractivity contribution is 6.29. The van der Waals surface area contributed by atoms with Crippen LogP contribution < -0.4 is 0 Å². The van der Waals surface area contributed by atoms with Crippen molar-refractivity contribution in [2.45, 2.75) is 38.5 Å². The van der Waals surface area contributed by atoms with Gasteiger partial charge in [-0.3, -0.25) is 4.99 Å². The first-order valence-electron chi connectivity index (χ1n) is 21.1. The molecule has 1 nitrogen and oxygen atoms in total. The number of hydrogen-bond acceptors (Lipinski definition) is 1. The van der Waals surface area contributed by atoms with Crippen LogP contribution in [0.1, 0.15) is 60.9 Å². The molecule has 2 atom stereocenters. The zero-order valence-corrected chi connectivity index (χ0v) is 33.8. The van der Waals surface area contributed by atoms with Gasteiger partial charge in [0.1, 0.15) is 0 Å². The number of rotatable bonds is 6. The Kier molecular flexibility index (Phi) is 8.34. The second-order valence-corrected chi connectivity index (χ2v) is 16.9. The maximum absolute atomic E-state index is 5.36. The number of nitrogens with zero attached hydrogens (tertiary/aromatic N) is 1. The molecule has 2 aliphatic rings. The molecule has 11 rings (SSSR count). The Labute approximate surface area is 347 Å². The van der Waals surface area contributed by atoms with Gasteiger partial charge in [-0.15, -0.1) is 0 Å². The Balaban J connectivity index is 1.06. The standard InChI is InChI=1S/C58H45N/c1-4-43-51(36-55(37-17-7-5-8-18-37)59-57(43)38-19-9-6-10-20-38)41-22-15-21-39(33-41)40-29-32-50-52(34-40)46-24-12-11-23-45(46)49-27-16-26-44(56(49)50)42-30-31-48-47-25-13-14-28-53(47)58(2,3)54(48)35-42/h5-36,43,51H,4H2,1-3H3. The minimum absolute atomic E-state index is 0.0612. The average molecular weight is 756 g/mol. The SMILES string of the molecule is CCC1C(c2ccccc2)=NC(c2ccccc2)=CC1c1cccc(-c2ccc3c(c2)c2ccccc2c2cccc(-c4ccc5c(c4)C(C)(C)c4ccccc4-5)c23)c1. The van der Waals surface area contributed by atoms with Crippen molar-refractivity contribution in [1.29, 1.82) is 0 Å². The maximum atomic E-state index is 5.36. The molecule has 1 aliphatic heterocycles. The van der Waals surface area contributed by atoms with Crippen molar-refractivity contribution in [2.75, 3.05) is 0 Å². The van der Waals surface area contributed by atoms with Crippen molar-refractivity contribution in [2.24, 2.45) is 10.9 Å². The van der Waals surface area contributed by atoms with E-state index in [9.17, 15) is 0 Å². The average Bonchev–Trinajstić information content (AvgIpc) is 3.54. The number of fused-ring (bicyclic) bond motifs is 9. The predicted molar refractivity (Wildman–Crippen MR) is 251 cm³/mol. The fraction of sp³-hybridized carbons (Fsp3) is 0.121. The number of allylic oxidation sites excluding steroid dienone is 1. The van der Waals surface area contributed by atoms with Crippen molar-refractivity contribution in [1.82, 2.24) is 0 Å². The number of hydrogen-bond donors (Lipinski definition) is 0. The van der Waals surface area contributed by atoms with E-state index in [1.54, 1.807) is 0 Å². The highest BCUT2D eigenvalue weighted by atomic mass is 14.8. The lowest BCUT2D eigenvalue weighted by Gasteiger charge is -2.31. The normalized spacial score (nSPS) is 16.8. The van der Waals surface area contributed by atoms with Gasteiger partial charge in [-0.25, -0.2) is 0 Å². The Morgan fingerprint density at radius 1 is 0.441 bits per heavy atom. The van der Waals surface area contributed by atoms with Crippen molar-refractivity contribution in [3.63, 3.8) is 0 Å². The summed E-state index contributed by atoms with van der Waals surface area (Å²) < 4.78 is 0. The zero-order valence-electron chi connectivity index (χ0n) is 33.8. The highest BCUT2D eigenvalue weighted by Crippen LogP contribution is 2.51. The van der Waals surface area contributed by atoms with Gasteiger partial charge in [0.25, 0.3) is 0 Å². The van der Waals surface area contributed by atoms with Crippen LogP contribution in [0.2, 0.25) is 0 Å². The highest BCUT2D eigenvalue weighted by Gasteiger charge is 2.35. The molecule has 0 bridgehead atoms. The zero-order chi connectivity index (χ0) is 39.7. The Hall–Kier alpha value is -6.83. The summed E-state index contributed by atoms with van der Waals surface area (Å²) in [6.45, 7) is 7.04. The van der Waals surface area contributed by atoms with Crippen LogP contribution in [0, 0.1) is 5.92 Å². The molecule has 9 aromatic rings. The summed E-state index contributed by atoms with van der Waals surface area (Å²) >= 11 is 0. The van der Waals surface area contributed by atoms with Gasteiger partial charge in [0.2, 0.25) is 0 Å². The maximum Gasteiger partial charge on any atom is 0.0672 e. The van der Waals surface area contributed by atoms with E-state index in [0.717, 1.165) is 17.7 Å². The summed E-state index contributed by atoms with van der Waals surface area (Å²) in [5.41, 5.74) is 16.3. The van der Waals surface area contributed by atoms with Crippen LogP contribution in [-0.2, 0) is 5.41 Å². The fourth-order valence-electron chi connectivity index (χ4n) is 10.4. The molecule has 0 radical (unpaired) electrons. The summed E-state index contributed by atoms with van der Waals surface area (Å²) in [6.07, 6.45) is 3.41. The molecule has 0 spiro atoms. The quantitative estimate of drug-likeness (QED) is 0.150. The fourth-order valence-corrected chi connectivity index (χ4v) is 10.4. The second-order valence-electron chi connectivity index (χ2n) is 16.9. The predicted octanol–water partition coefficient (Wildman–Crippen LogP) is 15.4. The van der Waals surface area contributed by atoms with E-state index >= 15 is 0 Å². The van der Waals surface area contributed by atoms with E-state index in [2.05, 4.69) is 215 Å². The molecule has 9 aromatic carbocycles. The van der Waals surface area contributed by atoms with E-state index in [-0.39, 0.29) is 17.3 Å². The molecular formula is C58H45N. The first-order valence-corrected chi connectivity index (χ1v) is 21.1. The van der Waals surface area contributed by atoms with Crippen LogP contribution in [0.4, 0.5) is 0 Å². The van der Waals surface area contributed by atoms with E-state index < -0.39 is 0 Å². The van der Waals surface area contributed by atoms with Gasteiger partial charge in [-0.05, 0) is 118 Å². The Morgan fingerprint density at radius 3 is 1.83 bits per heavy atom. The molecule has 1 heterocycles. The van der Waals surface area contributed by atoms with Crippen LogP contribution in [0.5, 0.6) is 0 Å². The molecule has 0 amide bonds. The minimum atomic E-state index is -0.0612. The summed E-state index contributed by atoms with van der Waals surface area (Å²) in [7, 11) is 0. The van der Waals surface area contributed by atoms with Crippen LogP contribution in [0.15, 0.2) is 199 Å². The Bertz CT molecular complexity index is 3170. The van der Waals surface area contributed by atoms with E-state index in [4.69, 9.17) is 4.99 Å². The molecular weight excluding hydrogens is 711 g/mol. The van der Waals surface area contributed by atoms with Crippen LogP contribution in [0.3, 0.4) is 0 Å². The van der Waals surface area contributed by atoms with Crippen LogP contribution in [0.25, 0.3) is 71.4 Å². The summed E-state index contributed by atoms with van der Waals surface area (Å²) in [5, 5.41) is 7.75. The molecule has 1 heteroatoms. The Morgan fingerprint density at radius 2 is 1.03 bits per heavy atom. The third-order valence-electron chi connectivity index (χ3n) is 13.3. The van der Waals surface area contributed by atoms with Gasteiger partial charge in [-0.1, -0.05) is 197 Å². The van der Waals surface area contributed by atoms with Gasteiger partial charge in [0.05, 0.1) is 11.4 Å². The number of aliphatic imine (C=N–C) groups is 1. The van der Waals surface area contributed by atoms with Gasteiger partial charge in [0, 0.05) is 17.3 Å². The smallest absolute Gasteiger partial charge is 0.0672 e. The molecule has 0 fully saturated rings. The largest absolute Gasteiger partial charge is 0.252 e. The summed E-state index contributed by atoms with van der Waals surface area (Å²) in [5.74, 6) is 0.435. The first kappa shape index (κ1) is 35.3. The summed E-state index contributed by atoms with van der Waals surface area (Å²) in [4.78, 5) is 5.36. The van der Waals surface area contributed by atoms with Gasteiger partial charge in [-0.2, -0.15) is 0 Å². The molecule has 2 unspecified atom stereocenters. The van der Waals surface area contributed by atoms with Crippen molar-refractivity contribution in [3.8, 4) is 33.4 Å². The monoisotopic (exact) mass is 755 g/mol. The van der Waals surface area contributed by atoms with E-state index in [0.29, 0.717) is 0 Å². The van der Waals surface area contributed by atoms with Crippen molar-refractivity contribution in [3.05, 3.63) is 222 Å². The topological polar surface area (TPSA) is 12.4 Å². The minimum Gasteiger partial charge on any atom is -0.252 e. The second kappa shape index (κ2) is 13.9.